The molecule has 0 aliphatic carbocycles. The zero-order chi connectivity index (χ0) is 21.9. The number of rotatable bonds is 12. The van der Waals surface area contributed by atoms with Crippen molar-refractivity contribution in [3.63, 3.8) is 0 Å². The summed E-state index contributed by atoms with van der Waals surface area (Å²) in [5, 5.41) is 7.02. The van der Waals surface area contributed by atoms with Gasteiger partial charge in [-0.05, 0) is 54.4 Å². The van der Waals surface area contributed by atoms with E-state index < -0.39 is 0 Å². The minimum absolute atomic E-state index is 0.700. The van der Waals surface area contributed by atoms with E-state index in [1.807, 2.05) is 47.8 Å². The summed E-state index contributed by atoms with van der Waals surface area (Å²) in [6.07, 6.45) is 6.43. The number of aromatic nitrogens is 1. The van der Waals surface area contributed by atoms with Crippen molar-refractivity contribution in [3.05, 3.63) is 53.4 Å². The molecule has 1 N–H and O–H groups in total. The summed E-state index contributed by atoms with van der Waals surface area (Å²) in [4.78, 5) is 4.58. The van der Waals surface area contributed by atoms with E-state index in [2.05, 4.69) is 22.4 Å². The zero-order valence-electron chi connectivity index (χ0n) is 18.3. The van der Waals surface area contributed by atoms with Crippen molar-refractivity contribution in [1.82, 2.24) is 4.98 Å². The molecule has 2 aromatic carbocycles. The molecule has 0 spiro atoms. The number of hydrazone groups is 1. The van der Waals surface area contributed by atoms with Crippen molar-refractivity contribution in [3.8, 4) is 28.5 Å². The minimum Gasteiger partial charge on any atom is -0.497 e. The summed E-state index contributed by atoms with van der Waals surface area (Å²) in [5.41, 5.74) is 5.83. The number of benzene rings is 2. The number of thiazole rings is 1. The highest BCUT2D eigenvalue weighted by Crippen LogP contribution is 2.28. The van der Waals surface area contributed by atoms with E-state index in [0.29, 0.717) is 12.4 Å². The van der Waals surface area contributed by atoms with Gasteiger partial charge in [0.15, 0.2) is 11.5 Å². The van der Waals surface area contributed by atoms with Gasteiger partial charge in [-0.2, -0.15) is 5.10 Å². The molecule has 6 nitrogen and oxygen atoms in total. The molecular formula is C24H29N3O3S. The maximum Gasteiger partial charge on any atom is 0.203 e. The normalized spacial score (nSPS) is 10.9. The molecule has 1 aromatic heterocycles. The first-order chi connectivity index (χ1) is 15.2. The number of ether oxygens (including phenoxy) is 3. The maximum absolute atomic E-state index is 5.86. The van der Waals surface area contributed by atoms with Crippen LogP contribution < -0.4 is 19.6 Å². The van der Waals surface area contributed by atoms with Crippen molar-refractivity contribution in [1.29, 1.82) is 0 Å². The molecule has 164 valence electrons. The monoisotopic (exact) mass is 439 g/mol. The van der Waals surface area contributed by atoms with E-state index >= 15 is 0 Å². The average molecular weight is 440 g/mol. The molecule has 1 heterocycles. The van der Waals surface area contributed by atoms with Crippen LogP contribution in [0.2, 0.25) is 0 Å². The predicted octanol–water partition coefficient (Wildman–Crippen LogP) is 6.23. The summed E-state index contributed by atoms with van der Waals surface area (Å²) >= 11 is 1.50. The summed E-state index contributed by atoms with van der Waals surface area (Å²) in [6, 6.07) is 13.6. The highest BCUT2D eigenvalue weighted by atomic mass is 32.1. The van der Waals surface area contributed by atoms with Crippen molar-refractivity contribution in [2.45, 2.75) is 32.6 Å². The van der Waals surface area contributed by atoms with E-state index in [1.165, 1.54) is 30.6 Å². The van der Waals surface area contributed by atoms with E-state index in [-0.39, 0.29) is 0 Å². The van der Waals surface area contributed by atoms with Crippen LogP contribution >= 0.6 is 11.3 Å². The fourth-order valence-corrected chi connectivity index (χ4v) is 3.64. The van der Waals surface area contributed by atoms with Crippen LogP contribution in [0.4, 0.5) is 5.13 Å². The number of nitrogens with zero attached hydrogens (tertiary/aromatic N) is 2. The Hall–Kier alpha value is -3.06. The molecule has 0 amide bonds. The standard InChI is InChI=1S/C24H29N3O3S/c1-4-5-6-7-14-30-22-13-8-18(15-23(22)29-3)16-25-27-24-26-21(17-31-24)19-9-11-20(28-2)12-10-19/h8-13,15-17H,4-7,14H2,1-3H3,(H,26,27)/b25-16-. The van der Waals surface area contributed by atoms with E-state index in [4.69, 9.17) is 14.2 Å². The molecule has 0 bridgehead atoms. The summed E-state index contributed by atoms with van der Waals surface area (Å²) in [5.74, 6) is 2.29. The SMILES string of the molecule is CCCCCCOc1ccc(/C=N\Nc2nc(-c3ccc(OC)cc3)cs2)cc1OC. The van der Waals surface area contributed by atoms with Gasteiger partial charge >= 0.3 is 0 Å². The molecule has 7 heteroatoms. The summed E-state index contributed by atoms with van der Waals surface area (Å²) in [6.45, 7) is 2.90. The average Bonchev–Trinajstić information content (AvgIpc) is 3.28. The molecule has 0 aliphatic heterocycles. The third-order valence-electron chi connectivity index (χ3n) is 4.71. The van der Waals surface area contributed by atoms with Gasteiger partial charge < -0.3 is 14.2 Å². The highest BCUT2D eigenvalue weighted by molar-refractivity contribution is 7.14. The third kappa shape index (κ3) is 6.72. The van der Waals surface area contributed by atoms with Crippen molar-refractivity contribution in [2.75, 3.05) is 26.3 Å². The lowest BCUT2D eigenvalue weighted by atomic mass is 10.2. The first-order valence-corrected chi connectivity index (χ1v) is 11.3. The van der Waals surface area contributed by atoms with Crippen LogP contribution in [0.1, 0.15) is 38.2 Å². The Morgan fingerprint density at radius 2 is 1.84 bits per heavy atom. The van der Waals surface area contributed by atoms with Gasteiger partial charge in [0.25, 0.3) is 0 Å². The highest BCUT2D eigenvalue weighted by Gasteiger charge is 2.06. The quantitative estimate of drug-likeness (QED) is 0.206. The first kappa shape index (κ1) is 22.6. The summed E-state index contributed by atoms with van der Waals surface area (Å²) in [7, 11) is 3.30. The van der Waals surface area contributed by atoms with Crippen LogP contribution in [0.3, 0.4) is 0 Å². The van der Waals surface area contributed by atoms with Crippen molar-refractivity contribution in [2.24, 2.45) is 5.10 Å². The molecule has 0 saturated heterocycles. The Balaban J connectivity index is 1.56. The van der Waals surface area contributed by atoms with Crippen LogP contribution in [0.25, 0.3) is 11.3 Å². The minimum atomic E-state index is 0.700. The Labute approximate surface area is 187 Å². The third-order valence-corrected chi connectivity index (χ3v) is 5.45. The molecule has 31 heavy (non-hydrogen) atoms. The predicted molar refractivity (Wildman–Crippen MR) is 128 cm³/mol. The topological polar surface area (TPSA) is 65.0 Å². The van der Waals surface area contributed by atoms with Gasteiger partial charge in [-0.25, -0.2) is 4.98 Å². The molecular weight excluding hydrogens is 410 g/mol. The lowest BCUT2D eigenvalue weighted by molar-refractivity contribution is 0.285. The fraction of sp³-hybridized carbons (Fsp3) is 0.333. The molecule has 3 aromatic rings. The molecule has 0 radical (unpaired) electrons. The molecule has 0 aliphatic rings. The number of nitrogens with one attached hydrogen (secondary N) is 1. The zero-order valence-corrected chi connectivity index (χ0v) is 19.1. The maximum atomic E-state index is 5.86. The van der Waals surface area contributed by atoms with Crippen LogP contribution in [-0.2, 0) is 0 Å². The van der Waals surface area contributed by atoms with Crippen LogP contribution in [-0.4, -0.2) is 32.0 Å². The molecule has 3 rings (SSSR count). The Morgan fingerprint density at radius 3 is 2.58 bits per heavy atom. The molecule has 0 saturated carbocycles. The second kappa shape index (κ2) is 12.0. The van der Waals surface area contributed by atoms with Crippen LogP contribution in [0, 0.1) is 0 Å². The van der Waals surface area contributed by atoms with Crippen molar-refractivity contribution >= 4 is 22.7 Å². The Bertz CT molecular complexity index is 970. The number of unbranched alkanes of at least 4 members (excludes halogenated alkanes) is 3. The van der Waals surface area contributed by atoms with Gasteiger partial charge in [0, 0.05) is 10.9 Å². The van der Waals surface area contributed by atoms with Gasteiger partial charge in [-0.3, -0.25) is 5.43 Å². The largest absolute Gasteiger partial charge is 0.497 e. The smallest absolute Gasteiger partial charge is 0.203 e. The summed E-state index contributed by atoms with van der Waals surface area (Å²) < 4.78 is 16.5. The van der Waals surface area contributed by atoms with Gasteiger partial charge in [0.1, 0.15) is 5.75 Å². The Morgan fingerprint density at radius 1 is 1.00 bits per heavy atom. The van der Waals surface area contributed by atoms with E-state index in [0.717, 1.165) is 39.9 Å². The van der Waals surface area contributed by atoms with Gasteiger partial charge in [0.2, 0.25) is 5.13 Å². The lowest BCUT2D eigenvalue weighted by Gasteiger charge is -2.11. The molecule has 0 unspecified atom stereocenters. The number of anilines is 1. The first-order valence-electron chi connectivity index (χ1n) is 10.4. The fourth-order valence-electron chi connectivity index (χ4n) is 2.98. The second-order valence-corrected chi connectivity index (χ2v) is 7.81. The van der Waals surface area contributed by atoms with E-state index in [1.54, 1.807) is 20.4 Å². The second-order valence-electron chi connectivity index (χ2n) is 6.96. The van der Waals surface area contributed by atoms with E-state index in [9.17, 15) is 0 Å². The van der Waals surface area contributed by atoms with Gasteiger partial charge in [-0.1, -0.05) is 26.2 Å². The Kier molecular flexibility index (Phi) is 8.72. The lowest BCUT2D eigenvalue weighted by Crippen LogP contribution is -2.00. The number of hydrogen-bond acceptors (Lipinski definition) is 7. The molecule has 0 fully saturated rings. The van der Waals surface area contributed by atoms with Crippen LogP contribution in [0.15, 0.2) is 52.9 Å². The number of methoxy groups -OCH3 is 2. The van der Waals surface area contributed by atoms with Gasteiger partial charge in [0.05, 0.1) is 32.7 Å². The molecule has 0 atom stereocenters. The van der Waals surface area contributed by atoms with Gasteiger partial charge in [-0.15, -0.1) is 11.3 Å². The van der Waals surface area contributed by atoms with Crippen molar-refractivity contribution < 1.29 is 14.2 Å². The van der Waals surface area contributed by atoms with Crippen LogP contribution in [0.5, 0.6) is 17.2 Å². The number of hydrogen-bond donors (Lipinski definition) is 1.